The molecule has 6 heteroatoms. The third-order valence-electron chi connectivity index (χ3n) is 2.16. The molecule has 1 rings (SSSR count). The normalized spacial score (nSPS) is 10.6. The van der Waals surface area contributed by atoms with Crippen molar-refractivity contribution < 1.29 is 14.2 Å². The van der Waals surface area contributed by atoms with Crippen LogP contribution in [0.3, 0.4) is 0 Å². The van der Waals surface area contributed by atoms with Crippen LogP contribution in [0.15, 0.2) is 16.7 Å². The van der Waals surface area contributed by atoms with Crippen molar-refractivity contribution in [2.75, 3.05) is 40.6 Å². The van der Waals surface area contributed by atoms with Gasteiger partial charge in [0, 0.05) is 29.9 Å². The highest BCUT2D eigenvalue weighted by Crippen LogP contribution is 2.19. The largest absolute Gasteiger partial charge is 0.475 e. The van der Waals surface area contributed by atoms with Crippen molar-refractivity contribution in [1.29, 1.82) is 0 Å². The molecule has 1 aromatic heterocycles. The lowest BCUT2D eigenvalue weighted by Crippen LogP contribution is -2.13. The van der Waals surface area contributed by atoms with Crippen molar-refractivity contribution in [2.45, 2.75) is 6.54 Å². The molecule has 0 aliphatic rings. The molecule has 18 heavy (non-hydrogen) atoms. The van der Waals surface area contributed by atoms with Crippen LogP contribution in [0.25, 0.3) is 0 Å². The van der Waals surface area contributed by atoms with Crippen LogP contribution in [0.2, 0.25) is 0 Å². The first-order valence-electron chi connectivity index (χ1n) is 5.76. The third kappa shape index (κ3) is 5.77. The molecular weight excluding hydrogens is 300 g/mol. The standard InChI is InChI=1S/C12H19BrN2O3/c1-14-8-10-7-11(13)9-15-12(10)18-6-5-17-4-3-16-2/h7,9,14H,3-6,8H2,1-2H3. The number of ether oxygens (including phenoxy) is 3. The first-order valence-corrected chi connectivity index (χ1v) is 6.55. The summed E-state index contributed by atoms with van der Waals surface area (Å²) in [5.41, 5.74) is 1.02. The summed E-state index contributed by atoms with van der Waals surface area (Å²) in [6.07, 6.45) is 1.72. The number of pyridine rings is 1. The van der Waals surface area contributed by atoms with E-state index in [1.54, 1.807) is 13.3 Å². The van der Waals surface area contributed by atoms with Gasteiger partial charge in [-0.2, -0.15) is 0 Å². The summed E-state index contributed by atoms with van der Waals surface area (Å²) in [5.74, 6) is 0.642. The Bertz CT molecular complexity index is 350. The van der Waals surface area contributed by atoms with Crippen LogP contribution in [-0.2, 0) is 16.0 Å². The SMILES string of the molecule is CNCc1cc(Br)cnc1OCCOCCOC. The summed E-state index contributed by atoms with van der Waals surface area (Å²) in [4.78, 5) is 4.24. The van der Waals surface area contributed by atoms with Crippen LogP contribution in [0, 0.1) is 0 Å². The van der Waals surface area contributed by atoms with E-state index in [-0.39, 0.29) is 0 Å². The van der Waals surface area contributed by atoms with Crippen LogP contribution in [-0.4, -0.2) is 45.6 Å². The van der Waals surface area contributed by atoms with Gasteiger partial charge < -0.3 is 19.5 Å². The zero-order chi connectivity index (χ0) is 13.2. The van der Waals surface area contributed by atoms with E-state index in [4.69, 9.17) is 14.2 Å². The van der Waals surface area contributed by atoms with Gasteiger partial charge in [0.2, 0.25) is 5.88 Å². The number of methoxy groups -OCH3 is 1. The van der Waals surface area contributed by atoms with Gasteiger partial charge in [-0.3, -0.25) is 0 Å². The molecular formula is C12H19BrN2O3. The fourth-order valence-corrected chi connectivity index (χ4v) is 1.74. The number of nitrogens with one attached hydrogen (secondary N) is 1. The fourth-order valence-electron chi connectivity index (χ4n) is 1.36. The number of hydrogen-bond donors (Lipinski definition) is 1. The summed E-state index contributed by atoms with van der Waals surface area (Å²) in [6, 6.07) is 1.99. The Morgan fingerprint density at radius 2 is 2.06 bits per heavy atom. The molecule has 1 heterocycles. The van der Waals surface area contributed by atoms with Crippen LogP contribution < -0.4 is 10.1 Å². The molecule has 0 aliphatic heterocycles. The first kappa shape index (κ1) is 15.4. The molecule has 0 bridgehead atoms. The third-order valence-corrected chi connectivity index (χ3v) is 2.59. The van der Waals surface area contributed by atoms with Crippen molar-refractivity contribution in [2.24, 2.45) is 0 Å². The minimum Gasteiger partial charge on any atom is -0.475 e. The maximum Gasteiger partial charge on any atom is 0.217 e. The average molecular weight is 319 g/mol. The summed E-state index contributed by atoms with van der Waals surface area (Å²) >= 11 is 3.39. The van der Waals surface area contributed by atoms with Crippen molar-refractivity contribution in [3.63, 3.8) is 0 Å². The molecule has 0 radical (unpaired) electrons. The van der Waals surface area contributed by atoms with E-state index < -0.39 is 0 Å². The molecule has 0 aliphatic carbocycles. The van der Waals surface area contributed by atoms with Crippen molar-refractivity contribution in [1.82, 2.24) is 10.3 Å². The Balaban J connectivity index is 2.36. The monoisotopic (exact) mass is 318 g/mol. The molecule has 0 spiro atoms. The maximum absolute atomic E-state index is 5.59. The molecule has 102 valence electrons. The zero-order valence-corrected chi connectivity index (χ0v) is 12.3. The van der Waals surface area contributed by atoms with Gasteiger partial charge in [0.05, 0.1) is 19.8 Å². The van der Waals surface area contributed by atoms with Gasteiger partial charge in [-0.1, -0.05) is 0 Å². The van der Waals surface area contributed by atoms with E-state index in [2.05, 4.69) is 26.2 Å². The lowest BCUT2D eigenvalue weighted by Gasteiger charge is -2.10. The lowest BCUT2D eigenvalue weighted by molar-refractivity contribution is 0.0535. The van der Waals surface area contributed by atoms with Gasteiger partial charge in [0.15, 0.2) is 0 Å². The Kier molecular flexibility index (Phi) is 7.91. The van der Waals surface area contributed by atoms with Gasteiger partial charge in [0.1, 0.15) is 6.61 Å². The molecule has 0 unspecified atom stereocenters. The van der Waals surface area contributed by atoms with Gasteiger partial charge in [0.25, 0.3) is 0 Å². The average Bonchev–Trinajstić information content (AvgIpc) is 2.36. The Labute approximate surface area is 116 Å². The van der Waals surface area contributed by atoms with Gasteiger partial charge in [-0.05, 0) is 29.0 Å². The van der Waals surface area contributed by atoms with Gasteiger partial charge >= 0.3 is 0 Å². The first-order chi connectivity index (χ1) is 8.77. The highest BCUT2D eigenvalue weighted by atomic mass is 79.9. The molecule has 0 atom stereocenters. The minimum absolute atomic E-state index is 0.481. The predicted octanol–water partition coefficient (Wildman–Crippen LogP) is 1.61. The summed E-state index contributed by atoms with van der Waals surface area (Å²) in [5, 5.41) is 3.08. The smallest absolute Gasteiger partial charge is 0.217 e. The lowest BCUT2D eigenvalue weighted by atomic mass is 10.3. The highest BCUT2D eigenvalue weighted by molar-refractivity contribution is 9.10. The summed E-state index contributed by atoms with van der Waals surface area (Å²) in [7, 11) is 3.54. The van der Waals surface area contributed by atoms with Crippen molar-refractivity contribution >= 4 is 15.9 Å². The predicted molar refractivity (Wildman–Crippen MR) is 72.9 cm³/mol. The number of aromatic nitrogens is 1. The molecule has 1 aromatic rings. The molecule has 0 amide bonds. The topological polar surface area (TPSA) is 52.6 Å². The Hall–Kier alpha value is -0.690. The maximum atomic E-state index is 5.59. The number of nitrogens with zero attached hydrogens (tertiary/aromatic N) is 1. The molecule has 1 N–H and O–H groups in total. The molecule has 0 fully saturated rings. The van der Waals surface area contributed by atoms with E-state index in [0.717, 1.165) is 10.0 Å². The number of hydrogen-bond acceptors (Lipinski definition) is 5. The van der Waals surface area contributed by atoms with E-state index in [1.165, 1.54) is 0 Å². The van der Waals surface area contributed by atoms with E-state index in [1.807, 2.05) is 13.1 Å². The second-order valence-corrected chi connectivity index (χ2v) is 4.52. The second-order valence-electron chi connectivity index (χ2n) is 3.60. The van der Waals surface area contributed by atoms with Crippen LogP contribution in [0.4, 0.5) is 0 Å². The number of rotatable bonds is 9. The summed E-state index contributed by atoms with van der Waals surface area (Å²) < 4.78 is 16.7. The quantitative estimate of drug-likeness (QED) is 0.701. The Morgan fingerprint density at radius 1 is 1.28 bits per heavy atom. The van der Waals surface area contributed by atoms with E-state index in [0.29, 0.717) is 38.9 Å². The molecule has 0 saturated heterocycles. The molecule has 0 aromatic carbocycles. The van der Waals surface area contributed by atoms with Crippen LogP contribution >= 0.6 is 15.9 Å². The fraction of sp³-hybridized carbons (Fsp3) is 0.583. The number of halogens is 1. The Morgan fingerprint density at radius 3 is 2.78 bits per heavy atom. The van der Waals surface area contributed by atoms with E-state index in [9.17, 15) is 0 Å². The highest BCUT2D eigenvalue weighted by Gasteiger charge is 2.05. The molecule has 5 nitrogen and oxygen atoms in total. The summed E-state index contributed by atoms with van der Waals surface area (Å²) in [6.45, 7) is 2.90. The van der Waals surface area contributed by atoms with E-state index >= 15 is 0 Å². The zero-order valence-electron chi connectivity index (χ0n) is 10.7. The van der Waals surface area contributed by atoms with Crippen molar-refractivity contribution in [3.8, 4) is 5.88 Å². The van der Waals surface area contributed by atoms with Crippen LogP contribution in [0.1, 0.15) is 5.56 Å². The minimum atomic E-state index is 0.481. The van der Waals surface area contributed by atoms with Gasteiger partial charge in [-0.15, -0.1) is 0 Å². The van der Waals surface area contributed by atoms with Gasteiger partial charge in [-0.25, -0.2) is 4.98 Å². The second kappa shape index (κ2) is 9.27. The van der Waals surface area contributed by atoms with Crippen LogP contribution in [0.5, 0.6) is 5.88 Å². The van der Waals surface area contributed by atoms with Crippen molar-refractivity contribution in [3.05, 3.63) is 22.3 Å². The molecule has 0 saturated carbocycles.